The van der Waals surface area contributed by atoms with E-state index < -0.39 is 0 Å². The number of nitrogens with one attached hydrogen (secondary N) is 1. The van der Waals surface area contributed by atoms with Crippen molar-refractivity contribution in [2.24, 2.45) is 0 Å². The fraction of sp³-hybridized carbons (Fsp3) is 0.143. The molecular formula is C14H11ClN4O2S. The third kappa shape index (κ3) is 3.15. The van der Waals surface area contributed by atoms with Crippen LogP contribution in [0.15, 0.2) is 34.9 Å². The molecule has 2 heterocycles. The van der Waals surface area contributed by atoms with Gasteiger partial charge < -0.3 is 9.84 Å². The van der Waals surface area contributed by atoms with Crippen LogP contribution in [0.1, 0.15) is 21.1 Å². The lowest BCUT2D eigenvalue weighted by Crippen LogP contribution is -2.22. The number of aromatic nitrogens is 3. The van der Waals surface area contributed by atoms with Crippen molar-refractivity contribution in [2.75, 3.05) is 0 Å². The van der Waals surface area contributed by atoms with Crippen LogP contribution in [0.5, 0.6) is 0 Å². The number of rotatable bonds is 4. The Bertz CT molecular complexity index is 797. The molecule has 3 rings (SSSR count). The van der Waals surface area contributed by atoms with E-state index in [1.807, 2.05) is 12.1 Å². The number of aryl methyl sites for hydroxylation is 1. The third-order valence-corrected chi connectivity index (χ3v) is 4.05. The first-order valence-electron chi connectivity index (χ1n) is 6.42. The summed E-state index contributed by atoms with van der Waals surface area (Å²) in [4.78, 5) is 12.5. The maximum atomic E-state index is 12.0. The molecule has 0 saturated carbocycles. The van der Waals surface area contributed by atoms with Crippen molar-refractivity contribution in [2.45, 2.75) is 13.5 Å². The number of carbonyl (C=O) groups is 1. The monoisotopic (exact) mass is 334 g/mol. The standard InChI is InChI=1S/C14H11ClN4O2S/c1-8-13(22-19-17-8)14(20)16-7-11-6-12(21-18-11)9-2-4-10(15)5-3-9/h2-6H,7H2,1H3,(H,16,20). The molecule has 0 fully saturated rings. The summed E-state index contributed by atoms with van der Waals surface area (Å²) in [7, 11) is 0. The molecule has 2 aromatic heterocycles. The Hall–Kier alpha value is -2.25. The van der Waals surface area contributed by atoms with E-state index in [4.69, 9.17) is 16.1 Å². The first kappa shape index (κ1) is 14.7. The molecule has 1 amide bonds. The maximum absolute atomic E-state index is 12.0. The molecule has 0 aliphatic carbocycles. The topological polar surface area (TPSA) is 80.9 Å². The van der Waals surface area contributed by atoms with E-state index >= 15 is 0 Å². The lowest BCUT2D eigenvalue weighted by molar-refractivity contribution is 0.0953. The van der Waals surface area contributed by atoms with Crippen LogP contribution in [0.3, 0.4) is 0 Å². The zero-order valence-corrected chi connectivity index (χ0v) is 13.1. The third-order valence-electron chi connectivity index (χ3n) is 2.98. The second-order valence-corrected chi connectivity index (χ2v) is 5.75. The van der Waals surface area contributed by atoms with E-state index in [-0.39, 0.29) is 12.5 Å². The predicted octanol–water partition coefficient (Wildman–Crippen LogP) is 3.08. The number of halogens is 1. The highest BCUT2D eigenvalue weighted by Gasteiger charge is 2.14. The van der Waals surface area contributed by atoms with Gasteiger partial charge in [-0.3, -0.25) is 4.79 Å². The van der Waals surface area contributed by atoms with Gasteiger partial charge in [0.05, 0.1) is 12.2 Å². The number of carbonyl (C=O) groups excluding carboxylic acids is 1. The van der Waals surface area contributed by atoms with Gasteiger partial charge in [0.15, 0.2) is 5.76 Å². The lowest BCUT2D eigenvalue weighted by atomic mass is 10.1. The minimum atomic E-state index is -0.219. The van der Waals surface area contributed by atoms with Crippen LogP contribution in [0, 0.1) is 6.92 Å². The van der Waals surface area contributed by atoms with Gasteiger partial charge in [0, 0.05) is 16.7 Å². The average molecular weight is 335 g/mol. The molecule has 3 aromatic rings. The van der Waals surface area contributed by atoms with E-state index in [0.717, 1.165) is 17.1 Å². The molecule has 0 radical (unpaired) electrons. The van der Waals surface area contributed by atoms with Crippen molar-refractivity contribution >= 4 is 29.0 Å². The van der Waals surface area contributed by atoms with Crippen molar-refractivity contribution in [3.8, 4) is 11.3 Å². The van der Waals surface area contributed by atoms with Crippen LogP contribution in [0.25, 0.3) is 11.3 Å². The zero-order valence-electron chi connectivity index (χ0n) is 11.5. The summed E-state index contributed by atoms with van der Waals surface area (Å²) in [5.41, 5.74) is 2.12. The molecule has 0 atom stereocenters. The Kier molecular flexibility index (Phi) is 4.17. The molecule has 22 heavy (non-hydrogen) atoms. The summed E-state index contributed by atoms with van der Waals surface area (Å²) in [5.74, 6) is 0.403. The van der Waals surface area contributed by atoms with Crippen molar-refractivity contribution in [3.05, 3.63) is 51.6 Å². The highest BCUT2D eigenvalue weighted by molar-refractivity contribution is 7.07. The Morgan fingerprint density at radius 3 is 2.82 bits per heavy atom. The summed E-state index contributed by atoms with van der Waals surface area (Å²) in [6, 6.07) is 9.03. The summed E-state index contributed by atoms with van der Waals surface area (Å²) >= 11 is 6.91. The number of hydrogen-bond donors (Lipinski definition) is 1. The molecule has 0 aliphatic heterocycles. The van der Waals surface area contributed by atoms with Gasteiger partial charge in [0.2, 0.25) is 0 Å². The molecule has 0 unspecified atom stereocenters. The minimum absolute atomic E-state index is 0.219. The van der Waals surface area contributed by atoms with Gasteiger partial charge in [-0.05, 0) is 42.7 Å². The molecule has 0 saturated heterocycles. The lowest BCUT2D eigenvalue weighted by Gasteiger charge is -1.99. The van der Waals surface area contributed by atoms with Gasteiger partial charge in [-0.1, -0.05) is 21.2 Å². The van der Waals surface area contributed by atoms with E-state index in [2.05, 4.69) is 20.1 Å². The molecule has 8 heteroatoms. The highest BCUT2D eigenvalue weighted by Crippen LogP contribution is 2.22. The number of hydrogen-bond acceptors (Lipinski definition) is 6. The van der Waals surface area contributed by atoms with Gasteiger partial charge in [-0.15, -0.1) is 5.10 Å². The van der Waals surface area contributed by atoms with Crippen molar-refractivity contribution < 1.29 is 9.32 Å². The first-order chi connectivity index (χ1) is 10.6. The predicted molar refractivity (Wildman–Crippen MR) is 82.8 cm³/mol. The van der Waals surface area contributed by atoms with E-state index in [1.54, 1.807) is 25.1 Å². The quantitative estimate of drug-likeness (QED) is 0.793. The van der Waals surface area contributed by atoms with Gasteiger partial charge in [0.1, 0.15) is 10.6 Å². The minimum Gasteiger partial charge on any atom is -0.356 e. The number of amides is 1. The van der Waals surface area contributed by atoms with Gasteiger partial charge in [-0.2, -0.15) is 0 Å². The maximum Gasteiger partial charge on any atom is 0.265 e. The van der Waals surface area contributed by atoms with Crippen LogP contribution < -0.4 is 5.32 Å². The van der Waals surface area contributed by atoms with Crippen LogP contribution in [-0.2, 0) is 6.54 Å². The van der Waals surface area contributed by atoms with Crippen LogP contribution in [-0.4, -0.2) is 20.7 Å². The molecule has 1 aromatic carbocycles. The Labute approximate surface area is 135 Å². The molecular weight excluding hydrogens is 324 g/mol. The molecule has 1 N–H and O–H groups in total. The molecule has 0 bridgehead atoms. The van der Waals surface area contributed by atoms with Crippen LogP contribution in [0.2, 0.25) is 5.02 Å². The second-order valence-electron chi connectivity index (χ2n) is 4.56. The number of nitrogens with zero attached hydrogens (tertiary/aromatic N) is 3. The van der Waals surface area contributed by atoms with Gasteiger partial charge in [-0.25, -0.2) is 0 Å². The van der Waals surface area contributed by atoms with Gasteiger partial charge >= 0.3 is 0 Å². The Balaban J connectivity index is 1.66. The van der Waals surface area contributed by atoms with Crippen molar-refractivity contribution in [3.63, 3.8) is 0 Å². The van der Waals surface area contributed by atoms with Crippen LogP contribution in [0.4, 0.5) is 0 Å². The normalized spacial score (nSPS) is 10.6. The Morgan fingerprint density at radius 2 is 2.14 bits per heavy atom. The number of benzene rings is 1. The summed E-state index contributed by atoms with van der Waals surface area (Å²) in [5, 5.41) is 11.2. The van der Waals surface area contributed by atoms with E-state index in [0.29, 0.717) is 27.0 Å². The second kappa shape index (κ2) is 6.25. The average Bonchev–Trinajstić information content (AvgIpc) is 3.14. The summed E-state index contributed by atoms with van der Waals surface area (Å²) in [6.07, 6.45) is 0. The summed E-state index contributed by atoms with van der Waals surface area (Å²) in [6.45, 7) is 2.01. The zero-order chi connectivity index (χ0) is 15.5. The first-order valence-corrected chi connectivity index (χ1v) is 7.57. The Morgan fingerprint density at radius 1 is 1.36 bits per heavy atom. The summed E-state index contributed by atoms with van der Waals surface area (Å²) < 4.78 is 9.01. The molecule has 0 aliphatic rings. The molecule has 0 spiro atoms. The molecule has 112 valence electrons. The van der Waals surface area contributed by atoms with Crippen molar-refractivity contribution in [1.82, 2.24) is 20.1 Å². The van der Waals surface area contributed by atoms with E-state index in [9.17, 15) is 4.79 Å². The fourth-order valence-electron chi connectivity index (χ4n) is 1.84. The largest absolute Gasteiger partial charge is 0.356 e. The van der Waals surface area contributed by atoms with Crippen LogP contribution >= 0.6 is 23.1 Å². The van der Waals surface area contributed by atoms with Crippen molar-refractivity contribution in [1.29, 1.82) is 0 Å². The fourth-order valence-corrected chi connectivity index (χ4v) is 2.54. The highest BCUT2D eigenvalue weighted by atomic mass is 35.5. The molecule has 6 nitrogen and oxygen atoms in total. The SMILES string of the molecule is Cc1nnsc1C(=O)NCc1cc(-c2ccc(Cl)cc2)on1. The van der Waals surface area contributed by atoms with E-state index in [1.165, 1.54) is 0 Å². The smallest absolute Gasteiger partial charge is 0.265 e. The van der Waals surface area contributed by atoms with Gasteiger partial charge in [0.25, 0.3) is 5.91 Å².